The molecule has 3 amide bonds. The molecule has 1 saturated heterocycles. The zero-order chi connectivity index (χ0) is 24.0. The third-order valence-corrected chi connectivity index (χ3v) is 5.91. The highest BCUT2D eigenvalue weighted by Gasteiger charge is 2.54. The Morgan fingerprint density at radius 1 is 1.12 bits per heavy atom. The van der Waals surface area contributed by atoms with Crippen LogP contribution in [0.2, 0.25) is 0 Å². The minimum Gasteiger partial charge on any atom is -0.492 e. The molecule has 0 bridgehead atoms. The van der Waals surface area contributed by atoms with Crippen LogP contribution in [0.4, 0.5) is 4.39 Å². The molecule has 8 heteroatoms. The molecule has 0 unspecified atom stereocenters. The molecule has 1 atom stereocenters. The number of halogens is 1. The second-order valence-electron chi connectivity index (χ2n) is 8.24. The lowest BCUT2D eigenvalue weighted by Gasteiger charge is -2.29. The molecule has 0 aliphatic carbocycles. The average Bonchev–Trinajstić information content (AvgIpc) is 3.03. The van der Waals surface area contributed by atoms with Crippen LogP contribution in [0.5, 0.6) is 5.75 Å². The number of hydrogen-bond acceptors (Lipinski definition) is 5. The van der Waals surface area contributed by atoms with E-state index >= 15 is 0 Å². The normalized spacial score (nSPS) is 18.0. The lowest BCUT2D eigenvalue weighted by Crippen LogP contribution is -2.44. The highest BCUT2D eigenvalue weighted by atomic mass is 19.1. The molecular weight excluding hydrogens is 427 g/mol. The Morgan fingerprint density at radius 3 is 2.48 bits per heavy atom. The molecule has 0 N–H and O–H groups in total. The maximum atomic E-state index is 14.8. The number of hydrogen-bond donors (Lipinski definition) is 0. The van der Waals surface area contributed by atoms with Crippen LogP contribution in [-0.2, 0) is 24.5 Å². The number of likely N-dealkylation sites (tertiary alicyclic amines) is 1. The van der Waals surface area contributed by atoms with Crippen LogP contribution in [0.1, 0.15) is 24.0 Å². The summed E-state index contributed by atoms with van der Waals surface area (Å²) < 4.78 is 25.5. The summed E-state index contributed by atoms with van der Waals surface area (Å²) in [5.74, 6) is -1.33. The zero-order valence-corrected chi connectivity index (χ0v) is 19.2. The summed E-state index contributed by atoms with van der Waals surface area (Å²) in [5, 5.41) is 0. The molecule has 0 aromatic heterocycles. The minimum atomic E-state index is -1.58. The Hall–Kier alpha value is -3.26. The van der Waals surface area contributed by atoms with Gasteiger partial charge in [0.2, 0.25) is 17.7 Å². The zero-order valence-electron chi connectivity index (χ0n) is 19.2. The van der Waals surface area contributed by atoms with Crippen molar-refractivity contribution in [2.45, 2.75) is 25.2 Å². The fourth-order valence-corrected chi connectivity index (χ4v) is 3.96. The van der Waals surface area contributed by atoms with Crippen LogP contribution in [0, 0.1) is 12.7 Å². The van der Waals surface area contributed by atoms with Gasteiger partial charge in [-0.15, -0.1) is 0 Å². The lowest BCUT2D eigenvalue weighted by atomic mass is 9.75. The van der Waals surface area contributed by atoms with Gasteiger partial charge in [-0.2, -0.15) is 0 Å². The van der Waals surface area contributed by atoms with Gasteiger partial charge in [-0.25, -0.2) is 4.39 Å². The van der Waals surface area contributed by atoms with Gasteiger partial charge in [-0.05, 0) is 25.1 Å². The standard InChI is InChI=1S/C25H29FN2O5/c1-18-8-10-19(11-9-18)33-15-12-27(2)22(29)16-25(20-6-4-5-7-21(20)26)17-23(30)28(24(25)31)13-14-32-3/h4-11H,12-17H2,1-3H3/t25-/m0/s1. The fourth-order valence-electron chi connectivity index (χ4n) is 3.96. The molecule has 1 fully saturated rings. The molecule has 0 radical (unpaired) electrons. The topological polar surface area (TPSA) is 76.2 Å². The predicted molar refractivity (Wildman–Crippen MR) is 120 cm³/mol. The number of carbonyl (C=O) groups is 3. The largest absolute Gasteiger partial charge is 0.492 e. The molecule has 33 heavy (non-hydrogen) atoms. The van der Waals surface area contributed by atoms with Gasteiger partial charge >= 0.3 is 0 Å². The van der Waals surface area contributed by atoms with Crippen molar-refractivity contribution in [2.24, 2.45) is 0 Å². The van der Waals surface area contributed by atoms with Crippen molar-refractivity contribution >= 4 is 17.7 Å². The summed E-state index contributed by atoms with van der Waals surface area (Å²) in [5.41, 5.74) is -0.413. The first-order chi connectivity index (χ1) is 15.8. The number of aryl methyl sites for hydroxylation is 1. The predicted octanol–water partition coefficient (Wildman–Crippen LogP) is 2.70. The number of imide groups is 1. The van der Waals surface area contributed by atoms with Crippen LogP contribution in [0.25, 0.3) is 0 Å². The van der Waals surface area contributed by atoms with Crippen molar-refractivity contribution in [3.05, 3.63) is 65.5 Å². The van der Waals surface area contributed by atoms with E-state index in [1.807, 2.05) is 31.2 Å². The summed E-state index contributed by atoms with van der Waals surface area (Å²) in [6.07, 6.45) is -0.584. The Kier molecular flexibility index (Phi) is 7.81. The second-order valence-corrected chi connectivity index (χ2v) is 8.24. The molecule has 1 heterocycles. The van der Waals surface area contributed by atoms with E-state index in [1.165, 1.54) is 30.2 Å². The number of amides is 3. The highest BCUT2D eigenvalue weighted by molar-refractivity contribution is 6.10. The van der Waals surface area contributed by atoms with Gasteiger partial charge in [0.05, 0.1) is 25.1 Å². The molecule has 7 nitrogen and oxygen atoms in total. The van der Waals surface area contributed by atoms with E-state index in [9.17, 15) is 18.8 Å². The number of likely N-dealkylation sites (N-methyl/N-ethyl adjacent to an activating group) is 1. The van der Waals surface area contributed by atoms with Crippen molar-refractivity contribution in [2.75, 3.05) is 40.5 Å². The first-order valence-electron chi connectivity index (χ1n) is 10.8. The summed E-state index contributed by atoms with van der Waals surface area (Å²) in [6, 6.07) is 13.4. The van der Waals surface area contributed by atoms with Crippen LogP contribution in [0.15, 0.2) is 48.5 Å². The van der Waals surface area contributed by atoms with Crippen molar-refractivity contribution in [3.8, 4) is 5.75 Å². The SMILES string of the molecule is COCCN1C(=O)C[C@@](CC(=O)N(C)CCOc2ccc(C)cc2)(c2ccccc2F)C1=O. The Bertz CT molecular complexity index is 1010. The number of rotatable bonds is 10. The molecular formula is C25H29FN2O5. The fraction of sp³-hybridized carbons (Fsp3) is 0.400. The molecule has 1 aliphatic heterocycles. The van der Waals surface area contributed by atoms with Gasteiger partial charge in [-0.3, -0.25) is 19.3 Å². The van der Waals surface area contributed by atoms with Crippen LogP contribution in [-0.4, -0.2) is 68.0 Å². The Balaban J connectivity index is 1.75. The number of benzene rings is 2. The van der Waals surface area contributed by atoms with Gasteiger partial charge in [0, 0.05) is 32.6 Å². The summed E-state index contributed by atoms with van der Waals surface area (Å²) >= 11 is 0. The second kappa shape index (κ2) is 10.6. The van der Waals surface area contributed by atoms with E-state index in [0.29, 0.717) is 5.75 Å². The highest BCUT2D eigenvalue weighted by Crippen LogP contribution is 2.41. The van der Waals surface area contributed by atoms with E-state index in [-0.39, 0.29) is 50.6 Å². The Labute approximate surface area is 193 Å². The monoisotopic (exact) mass is 456 g/mol. The van der Waals surface area contributed by atoms with Crippen LogP contribution in [0.3, 0.4) is 0 Å². The van der Waals surface area contributed by atoms with Crippen molar-refractivity contribution in [3.63, 3.8) is 0 Å². The maximum absolute atomic E-state index is 14.8. The number of ether oxygens (including phenoxy) is 2. The molecule has 0 saturated carbocycles. The first-order valence-corrected chi connectivity index (χ1v) is 10.8. The summed E-state index contributed by atoms with van der Waals surface area (Å²) in [4.78, 5) is 41.6. The van der Waals surface area contributed by atoms with E-state index in [4.69, 9.17) is 9.47 Å². The van der Waals surface area contributed by atoms with Crippen molar-refractivity contribution in [1.82, 2.24) is 9.80 Å². The van der Waals surface area contributed by atoms with E-state index < -0.39 is 23.0 Å². The van der Waals surface area contributed by atoms with Crippen LogP contribution < -0.4 is 4.74 Å². The maximum Gasteiger partial charge on any atom is 0.241 e. The molecule has 1 aliphatic rings. The molecule has 2 aromatic rings. The quantitative estimate of drug-likeness (QED) is 0.514. The first kappa shape index (κ1) is 24.4. The number of methoxy groups -OCH3 is 1. The average molecular weight is 457 g/mol. The third kappa shape index (κ3) is 5.39. The van der Waals surface area contributed by atoms with Gasteiger partial charge < -0.3 is 14.4 Å². The van der Waals surface area contributed by atoms with Gasteiger partial charge in [-0.1, -0.05) is 35.9 Å². The van der Waals surface area contributed by atoms with Gasteiger partial charge in [0.25, 0.3) is 0 Å². The lowest BCUT2D eigenvalue weighted by molar-refractivity contribution is -0.143. The molecule has 2 aromatic carbocycles. The summed E-state index contributed by atoms with van der Waals surface area (Å²) in [7, 11) is 3.06. The van der Waals surface area contributed by atoms with Crippen molar-refractivity contribution in [1.29, 1.82) is 0 Å². The van der Waals surface area contributed by atoms with E-state index in [0.717, 1.165) is 10.5 Å². The molecule has 176 valence electrons. The van der Waals surface area contributed by atoms with Gasteiger partial charge in [0.15, 0.2) is 0 Å². The summed E-state index contributed by atoms with van der Waals surface area (Å²) in [6.45, 7) is 2.72. The van der Waals surface area contributed by atoms with Crippen molar-refractivity contribution < 1.29 is 28.2 Å². The number of carbonyl (C=O) groups excluding carboxylic acids is 3. The van der Waals surface area contributed by atoms with E-state index in [2.05, 4.69) is 0 Å². The third-order valence-electron chi connectivity index (χ3n) is 5.91. The Morgan fingerprint density at radius 2 is 1.82 bits per heavy atom. The minimum absolute atomic E-state index is 0.0544. The molecule has 3 rings (SSSR count). The number of nitrogens with zero attached hydrogens (tertiary/aromatic N) is 2. The molecule has 0 spiro atoms. The van der Waals surface area contributed by atoms with E-state index in [1.54, 1.807) is 13.1 Å². The smallest absolute Gasteiger partial charge is 0.241 e. The van der Waals surface area contributed by atoms with Gasteiger partial charge in [0.1, 0.15) is 18.2 Å². The van der Waals surface area contributed by atoms with Crippen LogP contribution >= 0.6 is 0 Å².